The molecular weight excluding hydrogens is 255 g/mol. The van der Waals surface area contributed by atoms with Gasteiger partial charge in [0.25, 0.3) is 0 Å². The van der Waals surface area contributed by atoms with Gasteiger partial charge in [0.2, 0.25) is 0 Å². The Morgan fingerprint density at radius 3 is 2.54 bits per heavy atom. The largest absolute Gasteiger partial charge is 0.481 e. The third-order valence-corrected chi connectivity index (χ3v) is 2.34. The lowest BCUT2D eigenvalue weighted by atomic mass is 10.1. The molecule has 0 heterocycles. The molecular formula is C9H10BrClO2. The minimum atomic E-state index is -0.759. The number of carbonyl (C=O) groups is 1. The molecule has 0 aliphatic carbocycles. The molecule has 0 saturated heterocycles. The number of carboxylic acid groups (broad SMARTS) is 1. The Balaban J connectivity index is 0.00000144. The van der Waals surface area contributed by atoms with Crippen LogP contribution in [-0.2, 0) is 11.2 Å². The molecule has 0 atom stereocenters. The van der Waals surface area contributed by atoms with Gasteiger partial charge < -0.3 is 5.11 Å². The fraction of sp³-hybridized carbons (Fsp3) is 0.222. The summed E-state index contributed by atoms with van der Waals surface area (Å²) in [5.74, 6) is -0.759. The van der Waals surface area contributed by atoms with Crippen molar-refractivity contribution < 1.29 is 9.90 Å². The molecule has 1 aromatic carbocycles. The van der Waals surface area contributed by atoms with Crippen molar-refractivity contribution in [3.05, 3.63) is 34.3 Å². The Labute approximate surface area is 91.5 Å². The minimum Gasteiger partial charge on any atom is -0.481 e. The molecule has 1 aromatic rings. The molecule has 2 nitrogen and oxygen atoms in total. The molecule has 13 heavy (non-hydrogen) atoms. The van der Waals surface area contributed by atoms with Crippen molar-refractivity contribution in [2.45, 2.75) is 12.8 Å². The van der Waals surface area contributed by atoms with Crippen LogP contribution in [0, 0.1) is 0 Å². The van der Waals surface area contributed by atoms with E-state index in [0.717, 1.165) is 10.0 Å². The van der Waals surface area contributed by atoms with Crippen LogP contribution in [0.3, 0.4) is 0 Å². The zero-order valence-electron chi connectivity index (χ0n) is 6.87. The second-order valence-corrected chi connectivity index (χ2v) is 3.34. The van der Waals surface area contributed by atoms with Crippen molar-refractivity contribution in [3.8, 4) is 0 Å². The number of hydrogen-bond acceptors (Lipinski definition) is 1. The monoisotopic (exact) mass is 264 g/mol. The summed E-state index contributed by atoms with van der Waals surface area (Å²) in [7, 11) is 0. The lowest BCUT2D eigenvalue weighted by Crippen LogP contribution is -1.97. The highest BCUT2D eigenvalue weighted by molar-refractivity contribution is 9.10. The average Bonchev–Trinajstić information content (AvgIpc) is 2.03. The first-order chi connectivity index (χ1) is 5.70. The fourth-order valence-corrected chi connectivity index (χ4v) is 1.43. The van der Waals surface area contributed by atoms with Gasteiger partial charge in [0.15, 0.2) is 0 Å². The van der Waals surface area contributed by atoms with E-state index in [1.165, 1.54) is 0 Å². The Morgan fingerprint density at radius 1 is 1.38 bits per heavy atom. The lowest BCUT2D eigenvalue weighted by molar-refractivity contribution is -0.136. The van der Waals surface area contributed by atoms with Gasteiger partial charge in [-0.1, -0.05) is 34.1 Å². The molecule has 0 radical (unpaired) electrons. The Bertz CT molecular complexity index is 289. The molecule has 0 bridgehead atoms. The van der Waals surface area contributed by atoms with E-state index in [9.17, 15) is 4.79 Å². The van der Waals surface area contributed by atoms with E-state index >= 15 is 0 Å². The maximum Gasteiger partial charge on any atom is 0.303 e. The van der Waals surface area contributed by atoms with Crippen molar-refractivity contribution in [2.75, 3.05) is 0 Å². The Kier molecular flexibility index (Phi) is 5.75. The smallest absolute Gasteiger partial charge is 0.303 e. The Hall–Kier alpha value is -0.540. The first-order valence-electron chi connectivity index (χ1n) is 3.65. The molecule has 1 rings (SSSR count). The van der Waals surface area contributed by atoms with E-state index in [1.54, 1.807) is 0 Å². The summed E-state index contributed by atoms with van der Waals surface area (Å²) in [5, 5.41) is 8.45. The van der Waals surface area contributed by atoms with Crippen LogP contribution in [0.25, 0.3) is 0 Å². The van der Waals surface area contributed by atoms with Crippen LogP contribution in [0.5, 0.6) is 0 Å². The molecule has 0 saturated carbocycles. The third kappa shape index (κ3) is 4.29. The quantitative estimate of drug-likeness (QED) is 0.912. The molecule has 0 spiro atoms. The fourth-order valence-electron chi connectivity index (χ4n) is 0.943. The molecule has 0 amide bonds. The first kappa shape index (κ1) is 12.5. The molecule has 4 heteroatoms. The maximum absolute atomic E-state index is 10.3. The topological polar surface area (TPSA) is 37.3 Å². The summed E-state index contributed by atoms with van der Waals surface area (Å²) in [5.41, 5.74) is 1.04. The SMILES string of the molecule is Cl.O=C(O)CCc1ccccc1Br. The highest BCUT2D eigenvalue weighted by atomic mass is 79.9. The predicted molar refractivity (Wildman–Crippen MR) is 57.3 cm³/mol. The first-order valence-corrected chi connectivity index (χ1v) is 4.44. The van der Waals surface area contributed by atoms with Gasteiger partial charge in [-0.2, -0.15) is 0 Å². The van der Waals surface area contributed by atoms with E-state index < -0.39 is 5.97 Å². The number of carboxylic acids is 1. The zero-order chi connectivity index (χ0) is 8.97. The summed E-state index contributed by atoms with van der Waals surface area (Å²) in [4.78, 5) is 10.3. The van der Waals surface area contributed by atoms with Crippen LogP contribution in [0.1, 0.15) is 12.0 Å². The van der Waals surface area contributed by atoms with Gasteiger partial charge in [0, 0.05) is 10.9 Å². The van der Waals surface area contributed by atoms with Gasteiger partial charge >= 0.3 is 5.97 Å². The van der Waals surface area contributed by atoms with E-state index in [0.29, 0.717) is 6.42 Å². The van der Waals surface area contributed by atoms with Gasteiger partial charge in [-0.15, -0.1) is 12.4 Å². The number of rotatable bonds is 3. The van der Waals surface area contributed by atoms with Crippen LogP contribution >= 0.6 is 28.3 Å². The normalized spacial score (nSPS) is 9.00. The van der Waals surface area contributed by atoms with E-state index in [2.05, 4.69) is 15.9 Å². The van der Waals surface area contributed by atoms with Gasteiger partial charge in [-0.3, -0.25) is 4.79 Å². The van der Waals surface area contributed by atoms with Gasteiger partial charge in [-0.25, -0.2) is 0 Å². The van der Waals surface area contributed by atoms with E-state index in [1.807, 2.05) is 24.3 Å². The van der Waals surface area contributed by atoms with E-state index in [4.69, 9.17) is 5.11 Å². The third-order valence-electron chi connectivity index (χ3n) is 1.57. The van der Waals surface area contributed by atoms with Crippen molar-refractivity contribution in [3.63, 3.8) is 0 Å². The highest BCUT2D eigenvalue weighted by Crippen LogP contribution is 2.17. The van der Waals surface area contributed by atoms with Gasteiger partial charge in [0.05, 0.1) is 0 Å². The number of benzene rings is 1. The van der Waals surface area contributed by atoms with Crippen LogP contribution in [0.15, 0.2) is 28.7 Å². The van der Waals surface area contributed by atoms with Crippen LogP contribution in [0.2, 0.25) is 0 Å². The molecule has 0 unspecified atom stereocenters. The maximum atomic E-state index is 10.3. The van der Waals surface area contributed by atoms with Gasteiger partial charge in [-0.05, 0) is 18.1 Å². The molecule has 0 aromatic heterocycles. The second-order valence-electron chi connectivity index (χ2n) is 2.49. The highest BCUT2D eigenvalue weighted by Gasteiger charge is 2.01. The predicted octanol–water partition coefficient (Wildman–Crippen LogP) is 2.89. The van der Waals surface area contributed by atoms with Gasteiger partial charge in [0.1, 0.15) is 0 Å². The standard InChI is InChI=1S/C9H9BrO2.ClH/c10-8-4-2-1-3-7(8)5-6-9(11)12;/h1-4H,5-6H2,(H,11,12);1H. The van der Waals surface area contributed by atoms with Crippen LogP contribution in [-0.4, -0.2) is 11.1 Å². The summed E-state index contributed by atoms with van der Waals surface area (Å²) < 4.78 is 0.978. The average molecular weight is 266 g/mol. The number of aliphatic carboxylic acids is 1. The summed E-state index contributed by atoms with van der Waals surface area (Å²) in [6, 6.07) is 7.65. The van der Waals surface area contributed by atoms with Crippen molar-refractivity contribution >= 4 is 34.3 Å². The summed E-state index contributed by atoms with van der Waals surface area (Å²) >= 11 is 3.35. The lowest BCUT2D eigenvalue weighted by Gasteiger charge is -2.00. The number of halogens is 2. The number of aryl methyl sites for hydroxylation is 1. The van der Waals surface area contributed by atoms with Crippen LogP contribution < -0.4 is 0 Å². The zero-order valence-corrected chi connectivity index (χ0v) is 9.27. The van der Waals surface area contributed by atoms with E-state index in [-0.39, 0.29) is 18.8 Å². The molecule has 72 valence electrons. The molecule has 0 fully saturated rings. The molecule has 1 N–H and O–H groups in total. The van der Waals surface area contributed by atoms with Crippen molar-refractivity contribution in [2.24, 2.45) is 0 Å². The summed E-state index contributed by atoms with van der Waals surface area (Å²) in [6.45, 7) is 0. The number of hydrogen-bond donors (Lipinski definition) is 1. The molecule has 0 aliphatic heterocycles. The van der Waals surface area contributed by atoms with Crippen molar-refractivity contribution in [1.29, 1.82) is 0 Å². The Morgan fingerprint density at radius 2 is 2.00 bits per heavy atom. The van der Waals surface area contributed by atoms with Crippen LogP contribution in [0.4, 0.5) is 0 Å². The molecule has 0 aliphatic rings. The summed E-state index contributed by atoms with van der Waals surface area (Å²) in [6.07, 6.45) is 0.763. The van der Waals surface area contributed by atoms with Crippen molar-refractivity contribution in [1.82, 2.24) is 0 Å². The second kappa shape index (κ2) is 6.00. The minimum absolute atomic E-state index is 0.